The monoisotopic (exact) mass is 216 g/mol. The Balaban J connectivity index is 3.36. The molecule has 0 aliphatic carbocycles. The number of rotatable bonds is 8. The Kier molecular flexibility index (Phi) is 8.70. The van der Waals surface area contributed by atoms with Crippen LogP contribution in [-0.2, 0) is 9.59 Å². The summed E-state index contributed by atoms with van der Waals surface area (Å²) in [6, 6.07) is 0. The molecule has 6 nitrogen and oxygen atoms in total. The van der Waals surface area contributed by atoms with Crippen LogP contribution in [0.3, 0.4) is 0 Å². The fourth-order valence-corrected chi connectivity index (χ4v) is 1.06. The zero-order chi connectivity index (χ0) is 11.5. The predicted molar refractivity (Wildman–Crippen MR) is 57.7 cm³/mol. The molecule has 0 bridgehead atoms. The lowest BCUT2D eigenvalue weighted by atomic mass is 10.2. The second kappa shape index (κ2) is 9.42. The van der Waals surface area contributed by atoms with Gasteiger partial charge in [-0.3, -0.25) is 15.0 Å². The molecule has 5 N–H and O–H groups in total. The molecule has 0 atom stereocenters. The van der Waals surface area contributed by atoms with Crippen molar-refractivity contribution in [3.8, 4) is 0 Å². The normalized spacial score (nSPS) is 9.73. The molecule has 0 saturated carbocycles. The van der Waals surface area contributed by atoms with E-state index in [2.05, 4.69) is 16.2 Å². The van der Waals surface area contributed by atoms with E-state index in [0.29, 0.717) is 13.0 Å². The summed E-state index contributed by atoms with van der Waals surface area (Å²) < 4.78 is 0. The standard InChI is InChI=1S/C9H20N4O2/c1-11-13-9(15)7-12-8(14)5-3-2-4-6-10/h11H,2-7,10H2,1H3,(H,12,14)(H,13,15). The van der Waals surface area contributed by atoms with Crippen LogP contribution in [0.4, 0.5) is 0 Å². The lowest BCUT2D eigenvalue weighted by Gasteiger charge is -2.05. The van der Waals surface area contributed by atoms with E-state index in [0.717, 1.165) is 19.3 Å². The summed E-state index contributed by atoms with van der Waals surface area (Å²) in [6.45, 7) is 0.669. The minimum absolute atomic E-state index is 0.0105. The van der Waals surface area contributed by atoms with Crippen molar-refractivity contribution >= 4 is 11.8 Å². The molecular weight excluding hydrogens is 196 g/mol. The van der Waals surface area contributed by atoms with Gasteiger partial charge in [-0.1, -0.05) is 6.42 Å². The molecule has 0 aliphatic rings. The van der Waals surface area contributed by atoms with E-state index in [1.165, 1.54) is 0 Å². The highest BCUT2D eigenvalue weighted by Gasteiger charge is 2.03. The van der Waals surface area contributed by atoms with Crippen LogP contribution in [0.25, 0.3) is 0 Å². The molecule has 0 heterocycles. The maximum atomic E-state index is 11.2. The van der Waals surface area contributed by atoms with Gasteiger partial charge in [-0.2, -0.15) is 0 Å². The van der Waals surface area contributed by atoms with Gasteiger partial charge in [0, 0.05) is 13.5 Å². The molecule has 0 fully saturated rings. The number of amides is 2. The molecule has 0 spiro atoms. The number of unbranched alkanes of at least 4 members (excludes halogenated alkanes) is 2. The average Bonchev–Trinajstić information content (AvgIpc) is 2.22. The smallest absolute Gasteiger partial charge is 0.253 e. The second-order valence-electron chi connectivity index (χ2n) is 3.17. The van der Waals surface area contributed by atoms with Gasteiger partial charge in [0.1, 0.15) is 0 Å². The lowest BCUT2D eigenvalue weighted by Crippen LogP contribution is -2.42. The minimum atomic E-state index is -0.257. The highest BCUT2D eigenvalue weighted by molar-refractivity contribution is 5.84. The molecule has 15 heavy (non-hydrogen) atoms. The number of nitrogens with one attached hydrogen (secondary N) is 3. The van der Waals surface area contributed by atoms with Crippen molar-refractivity contribution in [2.45, 2.75) is 25.7 Å². The molecule has 0 aromatic heterocycles. The van der Waals surface area contributed by atoms with Crippen molar-refractivity contribution in [3.63, 3.8) is 0 Å². The third-order valence-corrected chi connectivity index (χ3v) is 1.82. The van der Waals surface area contributed by atoms with E-state index >= 15 is 0 Å². The zero-order valence-corrected chi connectivity index (χ0v) is 9.14. The molecule has 0 aliphatic heterocycles. The molecular formula is C9H20N4O2. The summed E-state index contributed by atoms with van der Waals surface area (Å²) in [6.07, 6.45) is 3.16. The topological polar surface area (TPSA) is 96.2 Å². The first-order valence-electron chi connectivity index (χ1n) is 5.13. The fourth-order valence-electron chi connectivity index (χ4n) is 1.06. The van der Waals surface area contributed by atoms with Crippen molar-refractivity contribution in [2.75, 3.05) is 20.1 Å². The van der Waals surface area contributed by atoms with Gasteiger partial charge in [-0.05, 0) is 19.4 Å². The Morgan fingerprint density at radius 2 is 1.87 bits per heavy atom. The Bertz CT molecular complexity index is 197. The van der Waals surface area contributed by atoms with Crippen LogP contribution in [0.1, 0.15) is 25.7 Å². The fraction of sp³-hybridized carbons (Fsp3) is 0.778. The summed E-state index contributed by atoms with van der Waals surface area (Å²) in [5.74, 6) is -0.355. The van der Waals surface area contributed by atoms with Gasteiger partial charge < -0.3 is 11.1 Å². The number of hydrogen-bond donors (Lipinski definition) is 4. The van der Waals surface area contributed by atoms with Crippen molar-refractivity contribution in [1.82, 2.24) is 16.2 Å². The third-order valence-electron chi connectivity index (χ3n) is 1.82. The van der Waals surface area contributed by atoms with E-state index in [-0.39, 0.29) is 18.4 Å². The summed E-state index contributed by atoms with van der Waals surface area (Å²) >= 11 is 0. The molecule has 6 heteroatoms. The summed E-state index contributed by atoms with van der Waals surface area (Å²) in [7, 11) is 1.59. The van der Waals surface area contributed by atoms with Gasteiger partial charge in [0.2, 0.25) is 5.91 Å². The number of hydrogen-bond acceptors (Lipinski definition) is 4. The van der Waals surface area contributed by atoms with Crippen LogP contribution in [-0.4, -0.2) is 32.0 Å². The molecule has 0 aromatic rings. The van der Waals surface area contributed by atoms with Gasteiger partial charge in [0.25, 0.3) is 5.91 Å². The largest absolute Gasteiger partial charge is 0.347 e. The van der Waals surface area contributed by atoms with Gasteiger partial charge in [-0.25, -0.2) is 5.43 Å². The lowest BCUT2D eigenvalue weighted by molar-refractivity contribution is -0.126. The first-order valence-corrected chi connectivity index (χ1v) is 5.13. The Morgan fingerprint density at radius 1 is 1.13 bits per heavy atom. The third kappa shape index (κ3) is 9.17. The molecule has 0 aromatic carbocycles. The minimum Gasteiger partial charge on any atom is -0.347 e. The highest BCUT2D eigenvalue weighted by atomic mass is 16.2. The SMILES string of the molecule is CNNC(=O)CNC(=O)CCCCCN. The maximum absolute atomic E-state index is 11.2. The van der Waals surface area contributed by atoms with E-state index < -0.39 is 0 Å². The highest BCUT2D eigenvalue weighted by Crippen LogP contribution is 1.97. The van der Waals surface area contributed by atoms with Crippen LogP contribution in [0.15, 0.2) is 0 Å². The van der Waals surface area contributed by atoms with Crippen molar-refractivity contribution < 1.29 is 9.59 Å². The second-order valence-corrected chi connectivity index (χ2v) is 3.17. The van der Waals surface area contributed by atoms with Crippen molar-refractivity contribution in [3.05, 3.63) is 0 Å². The van der Waals surface area contributed by atoms with Crippen LogP contribution in [0.5, 0.6) is 0 Å². The van der Waals surface area contributed by atoms with Crippen LogP contribution in [0.2, 0.25) is 0 Å². The van der Waals surface area contributed by atoms with Crippen LogP contribution < -0.4 is 21.9 Å². The molecule has 88 valence electrons. The maximum Gasteiger partial charge on any atom is 0.253 e. The molecule has 0 saturated heterocycles. The predicted octanol–water partition coefficient (Wildman–Crippen LogP) is -1.13. The number of carbonyl (C=O) groups is 2. The summed E-state index contributed by atoms with van der Waals surface area (Å²) in [4.78, 5) is 22.1. The van der Waals surface area contributed by atoms with Crippen LogP contribution in [0, 0.1) is 0 Å². The van der Waals surface area contributed by atoms with Gasteiger partial charge >= 0.3 is 0 Å². The van der Waals surface area contributed by atoms with E-state index in [1.54, 1.807) is 7.05 Å². The van der Waals surface area contributed by atoms with Crippen LogP contribution >= 0.6 is 0 Å². The summed E-state index contributed by atoms with van der Waals surface area (Å²) in [5.41, 5.74) is 10.2. The van der Waals surface area contributed by atoms with Gasteiger partial charge in [0.15, 0.2) is 0 Å². The summed E-state index contributed by atoms with van der Waals surface area (Å²) in [5, 5.41) is 2.52. The Labute approximate surface area is 89.9 Å². The average molecular weight is 216 g/mol. The Hall–Kier alpha value is -1.14. The Morgan fingerprint density at radius 3 is 2.47 bits per heavy atom. The molecule has 2 amide bonds. The number of carbonyl (C=O) groups excluding carboxylic acids is 2. The molecule has 0 unspecified atom stereocenters. The van der Waals surface area contributed by atoms with E-state index in [9.17, 15) is 9.59 Å². The van der Waals surface area contributed by atoms with E-state index in [1.807, 2.05) is 0 Å². The molecule has 0 rings (SSSR count). The number of nitrogens with two attached hydrogens (primary N) is 1. The van der Waals surface area contributed by atoms with Gasteiger partial charge in [-0.15, -0.1) is 0 Å². The number of hydrazine groups is 1. The van der Waals surface area contributed by atoms with E-state index in [4.69, 9.17) is 5.73 Å². The first-order chi connectivity index (χ1) is 7.20. The van der Waals surface area contributed by atoms with Crippen molar-refractivity contribution in [2.24, 2.45) is 5.73 Å². The quantitative estimate of drug-likeness (QED) is 0.305. The van der Waals surface area contributed by atoms with Gasteiger partial charge in [0.05, 0.1) is 6.54 Å². The zero-order valence-electron chi connectivity index (χ0n) is 9.14. The molecule has 0 radical (unpaired) electrons. The van der Waals surface area contributed by atoms with Crippen molar-refractivity contribution in [1.29, 1.82) is 0 Å². The first kappa shape index (κ1) is 13.9.